The topological polar surface area (TPSA) is 54.4 Å². The third-order valence-electron chi connectivity index (χ3n) is 3.69. The predicted octanol–water partition coefficient (Wildman–Crippen LogP) is 1.25. The minimum atomic E-state index is 0.206. The fourth-order valence-electron chi connectivity index (χ4n) is 2.46. The van der Waals surface area contributed by atoms with Crippen molar-refractivity contribution in [2.24, 2.45) is 11.8 Å². The molecule has 1 aromatic heterocycles. The first-order chi connectivity index (χ1) is 9.38. The smallest absolute Gasteiger partial charge is 0.0475 e. The highest BCUT2D eigenvalue weighted by Crippen LogP contribution is 2.13. The van der Waals surface area contributed by atoms with E-state index >= 15 is 0 Å². The van der Waals surface area contributed by atoms with Gasteiger partial charge in [-0.2, -0.15) is 0 Å². The monoisotopic (exact) mass is 264 g/mol. The van der Waals surface area contributed by atoms with Crippen LogP contribution in [-0.4, -0.2) is 43.0 Å². The van der Waals surface area contributed by atoms with Crippen LogP contribution in [-0.2, 0) is 11.2 Å². The summed E-state index contributed by atoms with van der Waals surface area (Å²) in [5.41, 5.74) is 1.05. The van der Waals surface area contributed by atoms with Crippen LogP contribution < -0.4 is 5.32 Å². The van der Waals surface area contributed by atoms with Gasteiger partial charge in [-0.05, 0) is 49.8 Å². The molecule has 0 aliphatic carbocycles. The van der Waals surface area contributed by atoms with Gasteiger partial charge in [0.25, 0.3) is 0 Å². The van der Waals surface area contributed by atoms with Crippen molar-refractivity contribution in [3.8, 4) is 0 Å². The molecule has 2 rings (SSSR count). The lowest BCUT2D eigenvalue weighted by atomic mass is 9.99. The zero-order valence-electron chi connectivity index (χ0n) is 11.4. The van der Waals surface area contributed by atoms with Crippen LogP contribution in [0.15, 0.2) is 24.4 Å². The molecule has 0 saturated carbocycles. The molecule has 4 nitrogen and oxygen atoms in total. The van der Waals surface area contributed by atoms with E-state index in [2.05, 4.69) is 10.3 Å². The molecular weight excluding hydrogens is 240 g/mol. The molecule has 2 heterocycles. The molecule has 1 saturated heterocycles. The second-order valence-electron chi connectivity index (χ2n) is 5.29. The van der Waals surface area contributed by atoms with E-state index in [-0.39, 0.29) is 12.5 Å². The van der Waals surface area contributed by atoms with Crippen molar-refractivity contribution in [3.63, 3.8) is 0 Å². The number of aliphatic hydroxyl groups is 1. The number of hydrogen-bond acceptors (Lipinski definition) is 4. The molecule has 0 bridgehead atoms. The second-order valence-corrected chi connectivity index (χ2v) is 5.29. The molecule has 0 radical (unpaired) electrons. The summed E-state index contributed by atoms with van der Waals surface area (Å²) in [5, 5.41) is 12.9. The summed E-state index contributed by atoms with van der Waals surface area (Å²) in [7, 11) is 0. The van der Waals surface area contributed by atoms with Gasteiger partial charge < -0.3 is 15.2 Å². The third-order valence-corrected chi connectivity index (χ3v) is 3.69. The Balaban J connectivity index is 1.67. The van der Waals surface area contributed by atoms with Gasteiger partial charge in [-0.25, -0.2) is 0 Å². The van der Waals surface area contributed by atoms with E-state index < -0.39 is 0 Å². The Labute approximate surface area is 115 Å². The van der Waals surface area contributed by atoms with Crippen LogP contribution in [0.1, 0.15) is 18.5 Å². The minimum Gasteiger partial charge on any atom is -0.396 e. The molecule has 0 amide bonds. The van der Waals surface area contributed by atoms with Gasteiger partial charge >= 0.3 is 0 Å². The number of pyridine rings is 1. The van der Waals surface area contributed by atoms with E-state index in [9.17, 15) is 5.11 Å². The van der Waals surface area contributed by atoms with Crippen molar-refractivity contribution in [2.75, 3.05) is 32.9 Å². The van der Waals surface area contributed by atoms with Crippen LogP contribution >= 0.6 is 0 Å². The molecule has 1 aromatic rings. The highest BCUT2D eigenvalue weighted by atomic mass is 16.5. The second kappa shape index (κ2) is 8.25. The fourth-order valence-corrected chi connectivity index (χ4v) is 2.46. The van der Waals surface area contributed by atoms with Crippen LogP contribution in [0.25, 0.3) is 0 Å². The normalized spacial score (nSPS) is 18.4. The summed E-state index contributed by atoms with van der Waals surface area (Å²) in [6, 6.07) is 5.92. The van der Waals surface area contributed by atoms with Crippen molar-refractivity contribution >= 4 is 0 Å². The standard InChI is InChI=1S/C15H24N2O2/c18-12-14(9-15-3-1-2-6-17-15)11-16-10-13-4-7-19-8-5-13/h1-3,6,13-14,16,18H,4-5,7-12H2. The zero-order valence-corrected chi connectivity index (χ0v) is 11.4. The van der Waals surface area contributed by atoms with E-state index in [4.69, 9.17) is 4.74 Å². The minimum absolute atomic E-state index is 0.206. The molecule has 106 valence electrons. The Morgan fingerprint density at radius 2 is 2.21 bits per heavy atom. The van der Waals surface area contributed by atoms with Gasteiger partial charge in [0.05, 0.1) is 0 Å². The van der Waals surface area contributed by atoms with Gasteiger partial charge in [-0.1, -0.05) is 6.07 Å². The van der Waals surface area contributed by atoms with E-state index in [1.54, 1.807) is 6.20 Å². The Bertz CT molecular complexity index is 339. The first-order valence-corrected chi connectivity index (χ1v) is 7.17. The molecule has 1 aliphatic heterocycles. The zero-order chi connectivity index (χ0) is 13.3. The van der Waals surface area contributed by atoms with E-state index in [0.29, 0.717) is 0 Å². The Morgan fingerprint density at radius 3 is 2.89 bits per heavy atom. The first-order valence-electron chi connectivity index (χ1n) is 7.17. The SMILES string of the molecule is OCC(CNCC1CCOCC1)Cc1ccccn1. The van der Waals surface area contributed by atoms with E-state index in [1.165, 1.54) is 0 Å². The van der Waals surface area contributed by atoms with Gasteiger partial charge in [0, 0.05) is 38.3 Å². The van der Waals surface area contributed by atoms with Crippen LogP contribution in [0.2, 0.25) is 0 Å². The summed E-state index contributed by atoms with van der Waals surface area (Å²) in [6.45, 7) is 3.87. The number of aromatic nitrogens is 1. The van der Waals surface area contributed by atoms with Gasteiger partial charge in [0.1, 0.15) is 0 Å². The molecule has 1 aliphatic rings. The summed E-state index contributed by atoms with van der Waals surface area (Å²) in [4.78, 5) is 4.31. The Hall–Kier alpha value is -0.970. The Morgan fingerprint density at radius 1 is 1.37 bits per heavy atom. The fraction of sp³-hybridized carbons (Fsp3) is 0.667. The van der Waals surface area contributed by atoms with Gasteiger partial charge in [0.15, 0.2) is 0 Å². The third kappa shape index (κ3) is 5.27. The van der Waals surface area contributed by atoms with E-state index in [1.807, 2.05) is 18.2 Å². The van der Waals surface area contributed by atoms with Crippen molar-refractivity contribution in [1.82, 2.24) is 10.3 Å². The molecule has 0 spiro atoms. The highest BCUT2D eigenvalue weighted by Gasteiger charge is 2.14. The number of hydrogen-bond donors (Lipinski definition) is 2. The molecule has 4 heteroatoms. The number of nitrogens with one attached hydrogen (secondary N) is 1. The summed E-state index contributed by atoms with van der Waals surface area (Å²) < 4.78 is 5.35. The van der Waals surface area contributed by atoms with E-state index in [0.717, 1.165) is 57.2 Å². The quantitative estimate of drug-likeness (QED) is 0.778. The average Bonchev–Trinajstić information content (AvgIpc) is 2.48. The van der Waals surface area contributed by atoms with Gasteiger partial charge in [-0.3, -0.25) is 4.98 Å². The molecule has 1 atom stereocenters. The lowest BCUT2D eigenvalue weighted by molar-refractivity contribution is 0.0657. The maximum atomic E-state index is 9.44. The summed E-state index contributed by atoms with van der Waals surface area (Å²) >= 11 is 0. The number of rotatable bonds is 7. The van der Waals surface area contributed by atoms with Gasteiger partial charge in [-0.15, -0.1) is 0 Å². The Kier molecular flexibility index (Phi) is 6.27. The highest BCUT2D eigenvalue weighted by molar-refractivity contribution is 5.04. The number of nitrogens with zero attached hydrogens (tertiary/aromatic N) is 1. The van der Waals surface area contributed by atoms with Crippen LogP contribution in [0.4, 0.5) is 0 Å². The lowest BCUT2D eigenvalue weighted by Gasteiger charge is -2.23. The molecular formula is C15H24N2O2. The largest absolute Gasteiger partial charge is 0.396 e. The molecule has 19 heavy (non-hydrogen) atoms. The first kappa shape index (κ1) is 14.4. The van der Waals surface area contributed by atoms with Gasteiger partial charge in [0.2, 0.25) is 0 Å². The van der Waals surface area contributed by atoms with Crippen LogP contribution in [0.5, 0.6) is 0 Å². The summed E-state index contributed by atoms with van der Waals surface area (Å²) in [6.07, 6.45) is 4.94. The van der Waals surface area contributed by atoms with Crippen molar-refractivity contribution < 1.29 is 9.84 Å². The number of ether oxygens (including phenoxy) is 1. The predicted molar refractivity (Wildman–Crippen MR) is 74.9 cm³/mol. The average molecular weight is 264 g/mol. The van der Waals surface area contributed by atoms with Crippen LogP contribution in [0.3, 0.4) is 0 Å². The maximum absolute atomic E-state index is 9.44. The molecule has 1 unspecified atom stereocenters. The maximum Gasteiger partial charge on any atom is 0.0475 e. The van der Waals surface area contributed by atoms with Crippen molar-refractivity contribution in [1.29, 1.82) is 0 Å². The molecule has 0 aromatic carbocycles. The van der Waals surface area contributed by atoms with Crippen molar-refractivity contribution in [2.45, 2.75) is 19.3 Å². The van der Waals surface area contributed by atoms with Crippen molar-refractivity contribution in [3.05, 3.63) is 30.1 Å². The van der Waals surface area contributed by atoms with Crippen LogP contribution in [0, 0.1) is 11.8 Å². The number of aliphatic hydroxyl groups excluding tert-OH is 1. The molecule has 2 N–H and O–H groups in total. The molecule has 1 fully saturated rings. The lowest BCUT2D eigenvalue weighted by Crippen LogP contribution is -2.33. The summed E-state index contributed by atoms with van der Waals surface area (Å²) in [5.74, 6) is 0.970.